The molecule has 0 aliphatic carbocycles. The van der Waals surface area contributed by atoms with Gasteiger partial charge in [0.1, 0.15) is 11.8 Å². The van der Waals surface area contributed by atoms with Crippen LogP contribution in [-0.2, 0) is 25.8 Å². The highest BCUT2D eigenvalue weighted by Crippen LogP contribution is 2.19. The molecule has 7 nitrogen and oxygen atoms in total. The zero-order valence-corrected chi connectivity index (χ0v) is 15.4. The minimum Gasteiger partial charge on any atom is -0.508 e. The Morgan fingerprint density at radius 3 is 2.14 bits per heavy atom. The monoisotopic (exact) mass is 413 g/mol. The number of halogens is 2. The van der Waals surface area contributed by atoms with Crippen LogP contribution in [-0.4, -0.2) is 44.3 Å². The van der Waals surface area contributed by atoms with Gasteiger partial charge in [-0.1, -0.05) is 12.1 Å². The third-order valence-corrected chi connectivity index (χ3v) is 5.25. The van der Waals surface area contributed by atoms with Crippen LogP contribution in [0.4, 0.5) is 8.78 Å². The van der Waals surface area contributed by atoms with Gasteiger partial charge in [-0.25, -0.2) is 13.2 Å². The minimum atomic E-state index is -4.76. The SMILES string of the molecule is COC(=O)[C@H](Cc1ccc(O)cc1)NC(=O)c1ccc(S(=O)(=O)C(F)F)cc1. The van der Waals surface area contributed by atoms with Crippen molar-refractivity contribution < 1.29 is 36.6 Å². The van der Waals surface area contributed by atoms with E-state index >= 15 is 0 Å². The fourth-order valence-corrected chi connectivity index (χ4v) is 3.06. The largest absolute Gasteiger partial charge is 0.508 e. The van der Waals surface area contributed by atoms with E-state index in [1.165, 1.54) is 12.1 Å². The van der Waals surface area contributed by atoms with Crippen molar-refractivity contribution in [2.24, 2.45) is 0 Å². The zero-order valence-electron chi connectivity index (χ0n) is 14.6. The maximum atomic E-state index is 12.6. The molecule has 2 rings (SSSR count). The average molecular weight is 413 g/mol. The number of hydrogen-bond acceptors (Lipinski definition) is 6. The first-order valence-electron chi connectivity index (χ1n) is 7.94. The van der Waals surface area contributed by atoms with Crippen molar-refractivity contribution in [2.75, 3.05) is 7.11 Å². The summed E-state index contributed by atoms with van der Waals surface area (Å²) in [5, 5.41) is 11.8. The Hall–Kier alpha value is -3.01. The van der Waals surface area contributed by atoms with Gasteiger partial charge in [-0.3, -0.25) is 4.79 Å². The molecule has 0 fully saturated rings. The summed E-state index contributed by atoms with van der Waals surface area (Å²) in [5.41, 5.74) is 0.625. The van der Waals surface area contributed by atoms with E-state index < -0.39 is 38.4 Å². The smallest absolute Gasteiger partial charge is 0.341 e. The fourth-order valence-electron chi connectivity index (χ4n) is 2.34. The summed E-state index contributed by atoms with van der Waals surface area (Å²) in [5.74, 6) is -4.95. The molecule has 10 heteroatoms. The molecule has 28 heavy (non-hydrogen) atoms. The van der Waals surface area contributed by atoms with E-state index in [4.69, 9.17) is 0 Å². The van der Waals surface area contributed by atoms with Crippen LogP contribution in [0.5, 0.6) is 5.75 Å². The van der Waals surface area contributed by atoms with E-state index in [2.05, 4.69) is 10.1 Å². The van der Waals surface area contributed by atoms with Crippen LogP contribution < -0.4 is 5.32 Å². The number of carbonyl (C=O) groups excluding carboxylic acids is 2. The van der Waals surface area contributed by atoms with Crippen LogP contribution in [0.1, 0.15) is 15.9 Å². The summed E-state index contributed by atoms with van der Waals surface area (Å²) in [4.78, 5) is 23.7. The molecule has 0 spiro atoms. The van der Waals surface area contributed by atoms with Crippen molar-refractivity contribution in [3.8, 4) is 5.75 Å². The first-order chi connectivity index (χ1) is 13.1. The predicted molar refractivity (Wildman–Crippen MR) is 94.7 cm³/mol. The number of nitrogens with one attached hydrogen (secondary N) is 1. The van der Waals surface area contributed by atoms with Crippen LogP contribution in [0.3, 0.4) is 0 Å². The van der Waals surface area contributed by atoms with Gasteiger partial charge in [0.25, 0.3) is 5.91 Å². The zero-order chi connectivity index (χ0) is 20.9. The molecule has 2 aromatic carbocycles. The Morgan fingerprint density at radius 1 is 1.07 bits per heavy atom. The van der Waals surface area contributed by atoms with Crippen molar-refractivity contribution in [2.45, 2.75) is 23.1 Å². The Kier molecular flexibility index (Phi) is 6.68. The summed E-state index contributed by atoms with van der Waals surface area (Å²) in [7, 11) is -3.61. The lowest BCUT2D eigenvalue weighted by Crippen LogP contribution is -2.43. The van der Waals surface area contributed by atoms with E-state index in [1.807, 2.05) is 0 Å². The highest BCUT2D eigenvalue weighted by Gasteiger charge is 2.27. The van der Waals surface area contributed by atoms with Gasteiger partial charge in [0.05, 0.1) is 12.0 Å². The quantitative estimate of drug-likeness (QED) is 0.671. The Morgan fingerprint density at radius 2 is 1.64 bits per heavy atom. The predicted octanol–water partition coefficient (Wildman–Crippen LogP) is 1.90. The molecule has 0 heterocycles. The highest BCUT2D eigenvalue weighted by atomic mass is 32.2. The minimum absolute atomic E-state index is 0.0205. The molecule has 2 N–H and O–H groups in total. The summed E-state index contributed by atoms with van der Waals surface area (Å²) in [6.45, 7) is 0. The second kappa shape index (κ2) is 8.79. The molecule has 0 aliphatic heterocycles. The summed E-state index contributed by atoms with van der Waals surface area (Å²) in [6.07, 6.45) is 0.0799. The van der Waals surface area contributed by atoms with Crippen LogP contribution >= 0.6 is 0 Å². The lowest BCUT2D eigenvalue weighted by atomic mass is 10.1. The molecule has 0 saturated heterocycles. The van der Waals surface area contributed by atoms with Gasteiger partial charge < -0.3 is 15.2 Å². The third kappa shape index (κ3) is 5.03. The standard InChI is InChI=1S/C18H17F2NO6S/c1-27-17(24)15(10-11-2-6-13(22)7-3-11)21-16(23)12-4-8-14(9-5-12)28(25,26)18(19)20/h2-9,15,18,22H,10H2,1H3,(H,21,23)/t15-/m0/s1. The van der Waals surface area contributed by atoms with E-state index in [9.17, 15) is 31.9 Å². The Balaban J connectivity index is 2.16. The number of phenolic OH excluding ortho intramolecular Hbond substituents is 1. The van der Waals surface area contributed by atoms with E-state index in [1.54, 1.807) is 12.1 Å². The number of carbonyl (C=O) groups is 2. The fraction of sp³-hybridized carbons (Fsp3) is 0.222. The van der Waals surface area contributed by atoms with Gasteiger partial charge in [-0.2, -0.15) is 8.78 Å². The van der Waals surface area contributed by atoms with E-state index in [0.717, 1.165) is 31.4 Å². The number of hydrogen-bond donors (Lipinski definition) is 2. The summed E-state index contributed by atoms with van der Waals surface area (Å²) < 4.78 is 52.6. The maximum absolute atomic E-state index is 12.6. The molecule has 0 saturated carbocycles. The number of alkyl halides is 2. The van der Waals surface area contributed by atoms with E-state index in [0.29, 0.717) is 5.56 Å². The molecule has 0 radical (unpaired) electrons. The second-order valence-electron chi connectivity index (χ2n) is 5.75. The van der Waals surface area contributed by atoms with E-state index in [-0.39, 0.29) is 17.7 Å². The van der Waals surface area contributed by atoms with Crippen molar-refractivity contribution in [3.63, 3.8) is 0 Å². The second-order valence-corrected chi connectivity index (χ2v) is 7.67. The third-order valence-electron chi connectivity index (χ3n) is 3.85. The van der Waals surface area contributed by atoms with Gasteiger partial charge >= 0.3 is 11.7 Å². The Bertz CT molecular complexity index is 943. The Labute approximate surface area is 159 Å². The molecular weight excluding hydrogens is 396 g/mol. The molecule has 0 unspecified atom stereocenters. The molecule has 0 aromatic heterocycles. The van der Waals surface area contributed by atoms with Crippen molar-refractivity contribution in [1.82, 2.24) is 5.32 Å². The molecule has 0 bridgehead atoms. The van der Waals surface area contributed by atoms with Gasteiger partial charge in [0, 0.05) is 12.0 Å². The lowest BCUT2D eigenvalue weighted by molar-refractivity contribution is -0.142. The topological polar surface area (TPSA) is 110 Å². The molecular formula is C18H17F2NO6S. The normalized spacial score (nSPS) is 12.4. The van der Waals surface area contributed by atoms with Crippen LogP contribution in [0, 0.1) is 0 Å². The number of rotatable bonds is 7. The number of ether oxygens (including phenoxy) is 1. The number of sulfone groups is 1. The average Bonchev–Trinajstić information content (AvgIpc) is 2.68. The van der Waals surface area contributed by atoms with Crippen LogP contribution in [0.2, 0.25) is 0 Å². The molecule has 2 aromatic rings. The molecule has 0 aliphatic rings. The van der Waals surface area contributed by atoms with Gasteiger partial charge in [-0.15, -0.1) is 0 Å². The molecule has 1 atom stereocenters. The van der Waals surface area contributed by atoms with Gasteiger partial charge in [-0.05, 0) is 42.0 Å². The summed E-state index contributed by atoms with van der Waals surface area (Å²) in [6, 6.07) is 8.86. The highest BCUT2D eigenvalue weighted by molar-refractivity contribution is 7.91. The van der Waals surface area contributed by atoms with Crippen LogP contribution in [0.15, 0.2) is 53.4 Å². The van der Waals surface area contributed by atoms with Gasteiger partial charge in [0.2, 0.25) is 9.84 Å². The maximum Gasteiger partial charge on any atom is 0.341 e. The molecule has 150 valence electrons. The number of benzene rings is 2. The van der Waals surface area contributed by atoms with Crippen molar-refractivity contribution in [3.05, 3.63) is 59.7 Å². The number of amides is 1. The number of aromatic hydroxyl groups is 1. The van der Waals surface area contributed by atoms with Crippen molar-refractivity contribution >= 4 is 21.7 Å². The van der Waals surface area contributed by atoms with Crippen molar-refractivity contribution in [1.29, 1.82) is 0 Å². The number of phenols is 1. The number of methoxy groups -OCH3 is 1. The summed E-state index contributed by atoms with van der Waals surface area (Å²) >= 11 is 0. The van der Waals surface area contributed by atoms with Gasteiger partial charge in [0.15, 0.2) is 0 Å². The number of esters is 1. The van der Waals surface area contributed by atoms with Crippen LogP contribution in [0.25, 0.3) is 0 Å². The first kappa shape index (κ1) is 21.3. The lowest BCUT2D eigenvalue weighted by Gasteiger charge is -2.17. The first-order valence-corrected chi connectivity index (χ1v) is 9.48. The molecule has 1 amide bonds.